The topological polar surface area (TPSA) is 28.2 Å². The summed E-state index contributed by atoms with van der Waals surface area (Å²) in [4.78, 5) is 6.81. The molecule has 1 fully saturated rings. The minimum Gasteiger partial charge on any atom is -0.319 e. The Kier molecular flexibility index (Phi) is 3.50. The molecular formula is C10H17N3S. The summed E-state index contributed by atoms with van der Waals surface area (Å²) in [6.07, 6.45) is 3.22. The number of thiazole rings is 1. The Labute approximate surface area is 89.1 Å². The largest absolute Gasteiger partial charge is 0.319 e. The van der Waals surface area contributed by atoms with Crippen LogP contribution in [0.5, 0.6) is 0 Å². The highest BCUT2D eigenvalue weighted by molar-refractivity contribution is 7.09. The van der Waals surface area contributed by atoms with Gasteiger partial charge in [0.05, 0.1) is 6.54 Å². The lowest BCUT2D eigenvalue weighted by molar-refractivity contribution is 0.315. The molecule has 78 valence electrons. The zero-order chi connectivity index (χ0) is 9.80. The number of hydrogen-bond donors (Lipinski definition) is 1. The molecule has 0 bridgehead atoms. The van der Waals surface area contributed by atoms with Gasteiger partial charge in [-0.25, -0.2) is 4.98 Å². The molecule has 1 unspecified atom stereocenters. The van der Waals surface area contributed by atoms with Crippen LogP contribution in [0, 0.1) is 5.92 Å². The van der Waals surface area contributed by atoms with Crippen LogP contribution in [-0.4, -0.2) is 36.6 Å². The molecule has 0 amide bonds. The summed E-state index contributed by atoms with van der Waals surface area (Å²) >= 11 is 1.76. The Bertz CT molecular complexity index is 260. The van der Waals surface area contributed by atoms with E-state index in [1.54, 1.807) is 11.3 Å². The molecular weight excluding hydrogens is 194 g/mol. The Morgan fingerprint density at radius 2 is 2.64 bits per heavy atom. The Morgan fingerprint density at radius 3 is 3.36 bits per heavy atom. The van der Waals surface area contributed by atoms with E-state index in [1.165, 1.54) is 24.5 Å². The van der Waals surface area contributed by atoms with Crippen LogP contribution in [0.2, 0.25) is 0 Å². The van der Waals surface area contributed by atoms with Crippen molar-refractivity contribution in [1.82, 2.24) is 15.2 Å². The van der Waals surface area contributed by atoms with E-state index in [4.69, 9.17) is 0 Å². The average Bonchev–Trinajstić information content (AvgIpc) is 2.79. The van der Waals surface area contributed by atoms with Crippen LogP contribution < -0.4 is 5.32 Å². The van der Waals surface area contributed by atoms with Gasteiger partial charge in [0.1, 0.15) is 5.01 Å². The van der Waals surface area contributed by atoms with Gasteiger partial charge in [-0.05, 0) is 32.5 Å². The lowest BCUT2D eigenvalue weighted by Gasteiger charge is -2.13. The quantitative estimate of drug-likeness (QED) is 0.810. The second kappa shape index (κ2) is 4.87. The van der Waals surface area contributed by atoms with E-state index >= 15 is 0 Å². The highest BCUT2D eigenvalue weighted by Crippen LogP contribution is 2.18. The SMILES string of the molecule is CNCC1CCN(Cc2nccs2)C1. The van der Waals surface area contributed by atoms with Crippen molar-refractivity contribution < 1.29 is 0 Å². The van der Waals surface area contributed by atoms with Crippen molar-refractivity contribution in [2.45, 2.75) is 13.0 Å². The van der Waals surface area contributed by atoms with Crippen LogP contribution in [-0.2, 0) is 6.54 Å². The van der Waals surface area contributed by atoms with Gasteiger partial charge in [-0.2, -0.15) is 0 Å². The smallest absolute Gasteiger partial charge is 0.107 e. The maximum Gasteiger partial charge on any atom is 0.107 e. The number of hydrogen-bond acceptors (Lipinski definition) is 4. The fourth-order valence-corrected chi connectivity index (χ4v) is 2.69. The van der Waals surface area contributed by atoms with Gasteiger partial charge < -0.3 is 5.32 Å². The molecule has 1 saturated heterocycles. The monoisotopic (exact) mass is 211 g/mol. The molecule has 0 saturated carbocycles. The van der Waals surface area contributed by atoms with Gasteiger partial charge in [0.25, 0.3) is 0 Å². The van der Waals surface area contributed by atoms with Crippen molar-refractivity contribution in [2.75, 3.05) is 26.7 Å². The molecule has 0 spiro atoms. The van der Waals surface area contributed by atoms with E-state index in [0.29, 0.717) is 0 Å². The average molecular weight is 211 g/mol. The highest BCUT2D eigenvalue weighted by atomic mass is 32.1. The van der Waals surface area contributed by atoms with Gasteiger partial charge in [0.2, 0.25) is 0 Å². The number of aromatic nitrogens is 1. The van der Waals surface area contributed by atoms with Gasteiger partial charge >= 0.3 is 0 Å². The zero-order valence-electron chi connectivity index (χ0n) is 8.57. The third-order valence-electron chi connectivity index (χ3n) is 2.71. The highest BCUT2D eigenvalue weighted by Gasteiger charge is 2.21. The molecule has 1 aliphatic rings. The molecule has 0 aromatic carbocycles. The zero-order valence-corrected chi connectivity index (χ0v) is 9.39. The van der Waals surface area contributed by atoms with Crippen molar-refractivity contribution in [1.29, 1.82) is 0 Å². The first kappa shape index (κ1) is 10.1. The Hall–Kier alpha value is -0.450. The lowest BCUT2D eigenvalue weighted by Crippen LogP contribution is -2.24. The number of nitrogens with zero attached hydrogens (tertiary/aromatic N) is 2. The van der Waals surface area contributed by atoms with Gasteiger partial charge in [0.15, 0.2) is 0 Å². The summed E-state index contributed by atoms with van der Waals surface area (Å²) in [5.41, 5.74) is 0. The van der Waals surface area contributed by atoms with Crippen molar-refractivity contribution in [2.24, 2.45) is 5.92 Å². The molecule has 4 heteroatoms. The van der Waals surface area contributed by atoms with Crippen LogP contribution in [0.4, 0.5) is 0 Å². The first-order valence-corrected chi connectivity index (χ1v) is 6.02. The summed E-state index contributed by atoms with van der Waals surface area (Å²) in [6.45, 7) is 4.64. The molecule has 1 aliphatic heterocycles. The summed E-state index contributed by atoms with van der Waals surface area (Å²) < 4.78 is 0. The van der Waals surface area contributed by atoms with E-state index in [-0.39, 0.29) is 0 Å². The predicted molar refractivity (Wildman–Crippen MR) is 59.4 cm³/mol. The van der Waals surface area contributed by atoms with Crippen molar-refractivity contribution in [3.05, 3.63) is 16.6 Å². The maximum absolute atomic E-state index is 4.31. The molecule has 1 atom stereocenters. The molecule has 3 nitrogen and oxygen atoms in total. The fraction of sp³-hybridized carbons (Fsp3) is 0.700. The fourth-order valence-electron chi connectivity index (χ4n) is 2.03. The standard InChI is InChI=1S/C10H17N3S/c1-11-6-9-2-4-13(7-9)8-10-12-3-5-14-10/h3,5,9,11H,2,4,6-8H2,1H3. The molecule has 1 aromatic rings. The number of rotatable bonds is 4. The van der Waals surface area contributed by atoms with Gasteiger partial charge in [-0.1, -0.05) is 0 Å². The number of nitrogens with one attached hydrogen (secondary N) is 1. The van der Waals surface area contributed by atoms with Crippen LogP contribution in [0.25, 0.3) is 0 Å². The third kappa shape index (κ3) is 2.53. The maximum atomic E-state index is 4.31. The molecule has 1 N–H and O–H groups in total. The lowest BCUT2D eigenvalue weighted by atomic mass is 10.1. The molecule has 2 heterocycles. The third-order valence-corrected chi connectivity index (χ3v) is 3.47. The summed E-state index contributed by atoms with van der Waals surface area (Å²) in [7, 11) is 2.03. The van der Waals surface area contributed by atoms with Crippen LogP contribution in [0.1, 0.15) is 11.4 Å². The van der Waals surface area contributed by atoms with Gasteiger partial charge in [-0.15, -0.1) is 11.3 Å². The van der Waals surface area contributed by atoms with Crippen molar-refractivity contribution >= 4 is 11.3 Å². The van der Waals surface area contributed by atoms with Crippen molar-refractivity contribution in [3.63, 3.8) is 0 Å². The minimum atomic E-state index is 0.833. The Balaban J connectivity index is 1.79. The number of likely N-dealkylation sites (tertiary alicyclic amines) is 1. The minimum absolute atomic E-state index is 0.833. The molecule has 14 heavy (non-hydrogen) atoms. The molecule has 2 rings (SSSR count). The van der Waals surface area contributed by atoms with E-state index in [2.05, 4.69) is 20.6 Å². The van der Waals surface area contributed by atoms with E-state index < -0.39 is 0 Å². The van der Waals surface area contributed by atoms with Crippen molar-refractivity contribution in [3.8, 4) is 0 Å². The van der Waals surface area contributed by atoms with Crippen LogP contribution >= 0.6 is 11.3 Å². The first-order chi connectivity index (χ1) is 6.88. The molecule has 0 radical (unpaired) electrons. The summed E-state index contributed by atoms with van der Waals surface area (Å²) in [6, 6.07) is 0. The molecule has 1 aromatic heterocycles. The second-order valence-corrected chi connectivity index (χ2v) is 4.85. The van der Waals surface area contributed by atoms with E-state index in [9.17, 15) is 0 Å². The van der Waals surface area contributed by atoms with Crippen LogP contribution in [0.15, 0.2) is 11.6 Å². The summed E-state index contributed by atoms with van der Waals surface area (Å²) in [5, 5.41) is 6.55. The van der Waals surface area contributed by atoms with Crippen LogP contribution in [0.3, 0.4) is 0 Å². The van der Waals surface area contributed by atoms with Gasteiger partial charge in [0, 0.05) is 18.1 Å². The van der Waals surface area contributed by atoms with Gasteiger partial charge in [-0.3, -0.25) is 4.90 Å². The predicted octanol–water partition coefficient (Wildman–Crippen LogP) is 1.18. The Morgan fingerprint density at radius 1 is 1.71 bits per heavy atom. The second-order valence-electron chi connectivity index (χ2n) is 3.87. The van der Waals surface area contributed by atoms with E-state index in [0.717, 1.165) is 19.0 Å². The van der Waals surface area contributed by atoms with E-state index in [1.807, 2.05) is 13.2 Å². The first-order valence-electron chi connectivity index (χ1n) is 5.14. The summed E-state index contributed by atoms with van der Waals surface area (Å²) in [5.74, 6) is 0.833. The normalized spacial score (nSPS) is 23.1. The molecule has 0 aliphatic carbocycles.